The van der Waals surface area contributed by atoms with Crippen molar-refractivity contribution in [3.63, 3.8) is 0 Å². The first-order valence-electron chi connectivity index (χ1n) is 4.43. The summed E-state index contributed by atoms with van der Waals surface area (Å²) in [5, 5.41) is 8.47. The summed E-state index contributed by atoms with van der Waals surface area (Å²) in [7, 11) is 0. The van der Waals surface area contributed by atoms with Gasteiger partial charge < -0.3 is 10.8 Å². The number of benzene rings is 1. The molecular formula is C10H10F3NO2. The fourth-order valence-corrected chi connectivity index (χ4v) is 1.21. The van der Waals surface area contributed by atoms with Gasteiger partial charge in [0.1, 0.15) is 6.04 Å². The van der Waals surface area contributed by atoms with Crippen LogP contribution in [0.15, 0.2) is 24.3 Å². The molecule has 88 valence electrons. The standard InChI is InChI=1S/C10H10F3NO2/c11-10(12,13)9(14)7-3-1-6(2-4-7)5-8(15)16/h1-4,9H,5,14H2,(H,15,16)/t9-/m0/s1. The molecule has 1 atom stereocenters. The van der Waals surface area contributed by atoms with Crippen LogP contribution in [0.25, 0.3) is 0 Å². The topological polar surface area (TPSA) is 63.3 Å². The van der Waals surface area contributed by atoms with Crippen LogP contribution in [0.2, 0.25) is 0 Å². The molecule has 0 spiro atoms. The number of nitrogens with two attached hydrogens (primary N) is 1. The van der Waals surface area contributed by atoms with Gasteiger partial charge in [0, 0.05) is 0 Å². The molecule has 0 aliphatic heterocycles. The Morgan fingerprint density at radius 3 is 2.19 bits per heavy atom. The van der Waals surface area contributed by atoms with Crippen LogP contribution in [0.4, 0.5) is 13.2 Å². The van der Waals surface area contributed by atoms with E-state index in [1.54, 1.807) is 0 Å². The molecule has 0 heterocycles. The van der Waals surface area contributed by atoms with Gasteiger partial charge in [-0.2, -0.15) is 13.2 Å². The van der Waals surface area contributed by atoms with E-state index in [0.29, 0.717) is 5.56 Å². The lowest BCUT2D eigenvalue weighted by molar-refractivity contribution is -0.149. The minimum absolute atomic E-state index is 0.0818. The second-order valence-corrected chi connectivity index (χ2v) is 3.33. The van der Waals surface area contributed by atoms with Crippen molar-refractivity contribution in [3.05, 3.63) is 35.4 Å². The zero-order valence-corrected chi connectivity index (χ0v) is 8.16. The van der Waals surface area contributed by atoms with Crippen molar-refractivity contribution in [1.29, 1.82) is 0 Å². The lowest BCUT2D eigenvalue weighted by Gasteiger charge is -2.15. The lowest BCUT2D eigenvalue weighted by atomic mass is 10.0. The molecule has 3 N–H and O–H groups in total. The van der Waals surface area contributed by atoms with Gasteiger partial charge in [0.15, 0.2) is 0 Å². The number of halogens is 3. The molecule has 0 radical (unpaired) electrons. The highest BCUT2D eigenvalue weighted by Crippen LogP contribution is 2.30. The summed E-state index contributed by atoms with van der Waals surface area (Å²) in [5.41, 5.74) is 5.34. The SMILES string of the molecule is N[C@@H](c1ccc(CC(=O)O)cc1)C(F)(F)F. The molecule has 0 saturated heterocycles. The van der Waals surface area contributed by atoms with E-state index < -0.39 is 18.2 Å². The molecule has 3 nitrogen and oxygen atoms in total. The molecule has 1 aromatic rings. The predicted molar refractivity (Wildman–Crippen MR) is 50.8 cm³/mol. The van der Waals surface area contributed by atoms with Crippen LogP contribution >= 0.6 is 0 Å². The normalized spacial score (nSPS) is 13.5. The Bertz CT molecular complexity index is 373. The summed E-state index contributed by atoms with van der Waals surface area (Å²) >= 11 is 0. The predicted octanol–water partition coefficient (Wildman–Crippen LogP) is 1.88. The van der Waals surface area contributed by atoms with Gasteiger partial charge in [0.05, 0.1) is 6.42 Å². The van der Waals surface area contributed by atoms with Gasteiger partial charge in [-0.1, -0.05) is 24.3 Å². The zero-order chi connectivity index (χ0) is 12.3. The summed E-state index contributed by atoms with van der Waals surface area (Å²) in [6, 6.07) is 3.00. The molecule has 0 fully saturated rings. The van der Waals surface area contributed by atoms with E-state index in [1.165, 1.54) is 24.3 Å². The Hall–Kier alpha value is -1.56. The molecule has 0 aliphatic rings. The Kier molecular flexibility index (Phi) is 3.54. The van der Waals surface area contributed by atoms with Crippen molar-refractivity contribution in [3.8, 4) is 0 Å². The minimum atomic E-state index is -4.49. The number of alkyl halides is 3. The first kappa shape index (κ1) is 12.5. The average Bonchev–Trinajstić information content (AvgIpc) is 2.15. The lowest BCUT2D eigenvalue weighted by Crippen LogP contribution is -2.28. The molecule has 0 bridgehead atoms. The van der Waals surface area contributed by atoms with Gasteiger partial charge in [-0.05, 0) is 11.1 Å². The first-order valence-corrected chi connectivity index (χ1v) is 4.43. The fraction of sp³-hybridized carbons (Fsp3) is 0.300. The molecule has 6 heteroatoms. The maximum absolute atomic E-state index is 12.2. The molecule has 1 rings (SSSR count). The van der Waals surface area contributed by atoms with Gasteiger partial charge in [-0.15, -0.1) is 0 Å². The van der Waals surface area contributed by atoms with E-state index in [0.717, 1.165) is 0 Å². The monoisotopic (exact) mass is 233 g/mol. The van der Waals surface area contributed by atoms with E-state index in [9.17, 15) is 18.0 Å². The molecule has 0 unspecified atom stereocenters. The maximum atomic E-state index is 12.2. The summed E-state index contributed by atoms with van der Waals surface area (Å²) in [4.78, 5) is 10.3. The van der Waals surface area contributed by atoms with Crippen molar-refractivity contribution in [1.82, 2.24) is 0 Å². The Morgan fingerprint density at radius 2 is 1.81 bits per heavy atom. The number of carboxylic acid groups (broad SMARTS) is 1. The van der Waals surface area contributed by atoms with Crippen LogP contribution in [0, 0.1) is 0 Å². The van der Waals surface area contributed by atoms with Crippen molar-refractivity contribution in [2.24, 2.45) is 5.73 Å². The van der Waals surface area contributed by atoms with E-state index >= 15 is 0 Å². The maximum Gasteiger partial charge on any atom is 0.407 e. The van der Waals surface area contributed by atoms with Crippen LogP contribution in [0.1, 0.15) is 17.2 Å². The van der Waals surface area contributed by atoms with E-state index in [-0.39, 0.29) is 12.0 Å². The third kappa shape index (κ3) is 3.23. The summed E-state index contributed by atoms with van der Waals surface area (Å²) in [6.07, 6.45) is -4.71. The highest BCUT2D eigenvalue weighted by molar-refractivity contribution is 5.70. The molecule has 0 amide bonds. The smallest absolute Gasteiger partial charge is 0.407 e. The van der Waals surface area contributed by atoms with Crippen LogP contribution in [0.5, 0.6) is 0 Å². The van der Waals surface area contributed by atoms with Gasteiger partial charge in [-0.25, -0.2) is 0 Å². The van der Waals surface area contributed by atoms with Crippen molar-refractivity contribution in [2.45, 2.75) is 18.6 Å². The second-order valence-electron chi connectivity index (χ2n) is 3.33. The Balaban J connectivity index is 2.83. The van der Waals surface area contributed by atoms with Crippen LogP contribution in [0.3, 0.4) is 0 Å². The summed E-state index contributed by atoms with van der Waals surface area (Å²) in [5.74, 6) is -1.03. The van der Waals surface area contributed by atoms with E-state index in [2.05, 4.69) is 0 Å². The molecule has 0 aliphatic carbocycles. The van der Waals surface area contributed by atoms with Gasteiger partial charge >= 0.3 is 12.1 Å². The number of hydrogen-bond acceptors (Lipinski definition) is 2. The molecule has 0 aromatic heterocycles. The fourth-order valence-electron chi connectivity index (χ4n) is 1.21. The molecular weight excluding hydrogens is 223 g/mol. The van der Waals surface area contributed by atoms with Crippen molar-refractivity contribution < 1.29 is 23.1 Å². The Morgan fingerprint density at radius 1 is 1.31 bits per heavy atom. The zero-order valence-electron chi connectivity index (χ0n) is 8.16. The number of aliphatic carboxylic acids is 1. The molecule has 16 heavy (non-hydrogen) atoms. The van der Waals surface area contributed by atoms with Crippen LogP contribution in [-0.4, -0.2) is 17.3 Å². The second kappa shape index (κ2) is 4.52. The van der Waals surface area contributed by atoms with Crippen molar-refractivity contribution in [2.75, 3.05) is 0 Å². The molecule has 1 aromatic carbocycles. The summed E-state index contributed by atoms with van der Waals surface area (Å²) in [6.45, 7) is 0. The van der Waals surface area contributed by atoms with E-state index in [4.69, 9.17) is 10.8 Å². The van der Waals surface area contributed by atoms with Crippen LogP contribution in [-0.2, 0) is 11.2 Å². The number of hydrogen-bond donors (Lipinski definition) is 2. The first-order chi connectivity index (χ1) is 7.30. The average molecular weight is 233 g/mol. The quantitative estimate of drug-likeness (QED) is 0.837. The summed E-state index contributed by atoms with van der Waals surface area (Å²) < 4.78 is 36.7. The van der Waals surface area contributed by atoms with Crippen LogP contribution < -0.4 is 5.73 Å². The van der Waals surface area contributed by atoms with E-state index in [1.807, 2.05) is 0 Å². The number of carboxylic acids is 1. The largest absolute Gasteiger partial charge is 0.481 e. The molecule has 0 saturated carbocycles. The minimum Gasteiger partial charge on any atom is -0.481 e. The highest BCUT2D eigenvalue weighted by Gasteiger charge is 2.37. The van der Waals surface area contributed by atoms with Crippen molar-refractivity contribution >= 4 is 5.97 Å². The highest BCUT2D eigenvalue weighted by atomic mass is 19.4. The third-order valence-electron chi connectivity index (χ3n) is 2.05. The van der Waals surface area contributed by atoms with Gasteiger partial charge in [0.2, 0.25) is 0 Å². The van der Waals surface area contributed by atoms with Gasteiger partial charge in [0.25, 0.3) is 0 Å². The number of carbonyl (C=O) groups is 1. The Labute approximate surface area is 89.7 Å². The number of rotatable bonds is 3. The van der Waals surface area contributed by atoms with Gasteiger partial charge in [-0.3, -0.25) is 4.79 Å². The third-order valence-corrected chi connectivity index (χ3v) is 2.05.